The predicted molar refractivity (Wildman–Crippen MR) is 81.3 cm³/mol. The number of phenolic OH excluding ortho intramolecular Hbond substituents is 1. The summed E-state index contributed by atoms with van der Waals surface area (Å²) >= 11 is 0. The fourth-order valence-corrected chi connectivity index (χ4v) is 4.15. The molecule has 7 nitrogen and oxygen atoms in total. The molecule has 0 saturated carbocycles. The van der Waals surface area contributed by atoms with Gasteiger partial charge in [-0.05, 0) is 37.1 Å². The summed E-state index contributed by atoms with van der Waals surface area (Å²) < 4.78 is 22.9. The number of hydrogen-bond donors (Lipinski definition) is 2. The highest BCUT2D eigenvalue weighted by Crippen LogP contribution is 2.21. The Morgan fingerprint density at radius 3 is 2.59 bits per heavy atom. The number of anilines is 1. The first kappa shape index (κ1) is 16.3. The second-order valence-electron chi connectivity index (χ2n) is 5.43. The van der Waals surface area contributed by atoms with Crippen LogP contribution in [0.15, 0.2) is 18.2 Å². The van der Waals surface area contributed by atoms with Crippen LogP contribution >= 0.6 is 0 Å². The summed E-state index contributed by atoms with van der Waals surface area (Å²) in [6.07, 6.45) is 0.343. The van der Waals surface area contributed by atoms with E-state index < -0.39 is 27.7 Å². The third-order valence-corrected chi connectivity index (χ3v) is 5.48. The molecule has 120 valence electrons. The highest BCUT2D eigenvalue weighted by Gasteiger charge is 2.34. The maximum atomic E-state index is 12.1. The molecule has 1 aliphatic rings. The van der Waals surface area contributed by atoms with E-state index in [-0.39, 0.29) is 17.3 Å². The minimum atomic E-state index is -3.12. The van der Waals surface area contributed by atoms with Gasteiger partial charge in [-0.3, -0.25) is 9.59 Å². The van der Waals surface area contributed by atoms with E-state index in [1.54, 1.807) is 6.92 Å². The van der Waals surface area contributed by atoms with Crippen molar-refractivity contribution in [2.45, 2.75) is 19.4 Å². The lowest BCUT2D eigenvalue weighted by Gasteiger charge is -2.22. The zero-order valence-electron chi connectivity index (χ0n) is 12.4. The smallest absolute Gasteiger partial charge is 0.313 e. The lowest BCUT2D eigenvalue weighted by Crippen LogP contribution is -2.43. The summed E-state index contributed by atoms with van der Waals surface area (Å²) in [4.78, 5) is 25.3. The molecule has 1 aliphatic heterocycles. The number of likely N-dealkylation sites (N-methyl/N-ethyl adjacent to an activating group) is 1. The number of benzene rings is 1. The van der Waals surface area contributed by atoms with Gasteiger partial charge in [0.1, 0.15) is 5.75 Å². The van der Waals surface area contributed by atoms with Crippen LogP contribution in [0.1, 0.15) is 12.0 Å². The molecule has 1 aromatic rings. The quantitative estimate of drug-likeness (QED) is 0.600. The van der Waals surface area contributed by atoms with Crippen LogP contribution in [-0.4, -0.2) is 54.8 Å². The summed E-state index contributed by atoms with van der Waals surface area (Å²) in [7, 11) is -1.70. The van der Waals surface area contributed by atoms with Gasteiger partial charge in [0.15, 0.2) is 9.84 Å². The number of carbonyl (C=O) groups excluding carboxylic acids is 2. The SMILES string of the molecule is Cc1cc(O)ccc1NC(=O)C(=O)N(C)C1CCS(=O)(=O)C1. The van der Waals surface area contributed by atoms with E-state index in [1.165, 1.54) is 30.1 Å². The number of aromatic hydroxyl groups is 1. The van der Waals surface area contributed by atoms with E-state index in [1.807, 2.05) is 0 Å². The Morgan fingerprint density at radius 2 is 2.05 bits per heavy atom. The Morgan fingerprint density at radius 1 is 1.36 bits per heavy atom. The second kappa shape index (κ2) is 5.96. The Kier molecular flexibility index (Phi) is 4.41. The Balaban J connectivity index is 2.04. The molecule has 1 saturated heterocycles. The number of phenols is 1. The summed E-state index contributed by atoms with van der Waals surface area (Å²) in [5.41, 5.74) is 1.04. The number of nitrogens with zero attached hydrogens (tertiary/aromatic N) is 1. The number of nitrogens with one attached hydrogen (secondary N) is 1. The number of sulfone groups is 1. The number of hydrogen-bond acceptors (Lipinski definition) is 5. The van der Waals surface area contributed by atoms with Gasteiger partial charge >= 0.3 is 11.8 Å². The van der Waals surface area contributed by atoms with Crippen molar-refractivity contribution >= 4 is 27.3 Å². The van der Waals surface area contributed by atoms with Crippen LogP contribution in [-0.2, 0) is 19.4 Å². The highest BCUT2D eigenvalue weighted by molar-refractivity contribution is 7.91. The molecule has 1 fully saturated rings. The van der Waals surface area contributed by atoms with Crippen molar-refractivity contribution in [3.8, 4) is 5.75 Å². The fraction of sp³-hybridized carbons (Fsp3) is 0.429. The topological polar surface area (TPSA) is 104 Å². The van der Waals surface area contributed by atoms with Gasteiger partial charge in [0, 0.05) is 18.8 Å². The normalized spacial score (nSPS) is 19.6. The van der Waals surface area contributed by atoms with E-state index in [0.29, 0.717) is 17.7 Å². The molecule has 2 rings (SSSR count). The van der Waals surface area contributed by atoms with E-state index in [4.69, 9.17) is 0 Å². The second-order valence-corrected chi connectivity index (χ2v) is 7.65. The van der Waals surface area contributed by atoms with Crippen LogP contribution in [0, 0.1) is 6.92 Å². The number of rotatable bonds is 2. The number of aryl methyl sites for hydroxylation is 1. The molecular formula is C14H18N2O5S. The third-order valence-electron chi connectivity index (χ3n) is 3.73. The number of amides is 2. The molecule has 1 atom stereocenters. The summed E-state index contributed by atoms with van der Waals surface area (Å²) in [5.74, 6) is -1.63. The minimum absolute atomic E-state index is 0.0357. The van der Waals surface area contributed by atoms with E-state index >= 15 is 0 Å². The van der Waals surface area contributed by atoms with Crippen molar-refractivity contribution in [3.05, 3.63) is 23.8 Å². The van der Waals surface area contributed by atoms with Gasteiger partial charge in [-0.2, -0.15) is 0 Å². The summed E-state index contributed by atoms with van der Waals surface area (Å²) in [6.45, 7) is 1.69. The lowest BCUT2D eigenvalue weighted by atomic mass is 10.2. The summed E-state index contributed by atoms with van der Waals surface area (Å²) in [5, 5.41) is 11.8. The number of carbonyl (C=O) groups is 2. The third kappa shape index (κ3) is 3.56. The van der Waals surface area contributed by atoms with E-state index in [2.05, 4.69) is 5.32 Å². The van der Waals surface area contributed by atoms with Gasteiger partial charge < -0.3 is 15.3 Å². The molecule has 0 radical (unpaired) electrons. The molecule has 0 spiro atoms. The standard InChI is InChI=1S/C14H18N2O5S/c1-9-7-11(17)3-4-12(9)15-13(18)14(19)16(2)10-5-6-22(20,21)8-10/h3-4,7,10,17H,5-6,8H2,1-2H3,(H,15,18). The van der Waals surface area contributed by atoms with Gasteiger partial charge in [0.05, 0.1) is 11.5 Å². The first-order valence-electron chi connectivity index (χ1n) is 6.78. The van der Waals surface area contributed by atoms with Crippen LogP contribution in [0.5, 0.6) is 5.75 Å². The molecule has 1 unspecified atom stereocenters. The van der Waals surface area contributed by atoms with Crippen LogP contribution < -0.4 is 5.32 Å². The largest absolute Gasteiger partial charge is 0.508 e. The zero-order valence-corrected chi connectivity index (χ0v) is 13.2. The average Bonchev–Trinajstić information content (AvgIpc) is 2.80. The average molecular weight is 326 g/mol. The first-order valence-corrected chi connectivity index (χ1v) is 8.60. The van der Waals surface area contributed by atoms with Gasteiger partial charge in [-0.1, -0.05) is 0 Å². The maximum absolute atomic E-state index is 12.1. The van der Waals surface area contributed by atoms with Gasteiger partial charge in [0.2, 0.25) is 0 Å². The van der Waals surface area contributed by atoms with Crippen molar-refractivity contribution in [3.63, 3.8) is 0 Å². The van der Waals surface area contributed by atoms with Crippen molar-refractivity contribution in [1.29, 1.82) is 0 Å². The van der Waals surface area contributed by atoms with Crippen LogP contribution in [0.25, 0.3) is 0 Å². The van der Waals surface area contributed by atoms with Crippen molar-refractivity contribution in [1.82, 2.24) is 4.90 Å². The molecule has 8 heteroatoms. The van der Waals surface area contributed by atoms with Crippen LogP contribution in [0.2, 0.25) is 0 Å². The highest BCUT2D eigenvalue weighted by atomic mass is 32.2. The molecule has 2 amide bonds. The van der Waals surface area contributed by atoms with E-state index in [9.17, 15) is 23.1 Å². The monoisotopic (exact) mass is 326 g/mol. The molecule has 1 heterocycles. The Labute approximate surface area is 128 Å². The molecule has 0 bridgehead atoms. The molecule has 2 N–H and O–H groups in total. The van der Waals surface area contributed by atoms with Gasteiger partial charge in [-0.15, -0.1) is 0 Å². The van der Waals surface area contributed by atoms with Gasteiger partial charge in [0.25, 0.3) is 0 Å². The summed E-state index contributed by atoms with van der Waals surface area (Å²) in [6, 6.07) is 3.90. The molecular weight excluding hydrogens is 308 g/mol. The molecule has 22 heavy (non-hydrogen) atoms. The Bertz CT molecular complexity index is 714. The van der Waals surface area contributed by atoms with Crippen molar-refractivity contribution in [2.24, 2.45) is 0 Å². The lowest BCUT2D eigenvalue weighted by molar-refractivity contribution is -0.143. The molecule has 1 aromatic carbocycles. The predicted octanol–water partition coefficient (Wildman–Crippen LogP) is 0.285. The maximum Gasteiger partial charge on any atom is 0.313 e. The van der Waals surface area contributed by atoms with Crippen molar-refractivity contribution in [2.75, 3.05) is 23.9 Å². The van der Waals surface area contributed by atoms with Crippen molar-refractivity contribution < 1.29 is 23.1 Å². The Hall–Kier alpha value is -2.09. The molecule has 0 aromatic heterocycles. The molecule has 0 aliphatic carbocycles. The minimum Gasteiger partial charge on any atom is -0.508 e. The van der Waals surface area contributed by atoms with Gasteiger partial charge in [-0.25, -0.2) is 8.42 Å². The van der Waals surface area contributed by atoms with E-state index in [0.717, 1.165) is 0 Å². The fourth-order valence-electron chi connectivity index (χ4n) is 2.37. The zero-order chi connectivity index (χ0) is 16.5. The van der Waals surface area contributed by atoms with Crippen LogP contribution in [0.3, 0.4) is 0 Å². The first-order chi connectivity index (χ1) is 10.2. The van der Waals surface area contributed by atoms with Crippen LogP contribution in [0.4, 0.5) is 5.69 Å².